The predicted octanol–water partition coefficient (Wildman–Crippen LogP) is 21.0. The number of carbonyl (C=O) groups excluding carboxylic acids is 2. The Kier molecular flexibility index (Phi) is 61.4. The Morgan fingerprint density at radius 1 is 0.370 bits per heavy atom. The van der Waals surface area contributed by atoms with Crippen LogP contribution in [0.3, 0.4) is 0 Å². The Balaban J connectivity index is 3.31. The quantitative estimate of drug-likeness (QED) is 0.0320. The number of allylic oxidation sites excluding steroid dienone is 3. The molecule has 0 spiro atoms. The molecule has 3 N–H and O–H groups in total. The van der Waals surface area contributed by atoms with E-state index in [-0.39, 0.29) is 18.5 Å². The molecule has 0 aliphatic heterocycles. The summed E-state index contributed by atoms with van der Waals surface area (Å²) in [6, 6.07) is -0.622. The van der Waals surface area contributed by atoms with Crippen LogP contribution >= 0.6 is 0 Å². The topological polar surface area (TPSA) is 95.9 Å². The number of aliphatic hydroxyl groups excluding tert-OH is 2. The number of unbranched alkanes of at least 4 members (excludes halogenated alkanes) is 49. The first kappa shape index (κ1) is 71.3. The lowest BCUT2D eigenvalue weighted by Crippen LogP contribution is -2.45. The SMILES string of the molecule is CCCCCCCC/C=C\CCCCCCCC(=O)OCCCCCCCCCCCCCCCCCCCCCCCCCCCCCCCCCC(=O)NC(CO)C(O)/C=C/CCCCCCCCCC. The maximum Gasteiger partial charge on any atom is 0.305 e. The molecule has 0 aromatic heterocycles. The van der Waals surface area contributed by atoms with Gasteiger partial charge in [0.25, 0.3) is 0 Å². The van der Waals surface area contributed by atoms with Crippen molar-refractivity contribution in [3.05, 3.63) is 24.3 Å². The van der Waals surface area contributed by atoms with E-state index in [0.717, 1.165) is 44.9 Å². The van der Waals surface area contributed by atoms with Gasteiger partial charge in [0.1, 0.15) is 0 Å². The summed E-state index contributed by atoms with van der Waals surface area (Å²) in [5.74, 6) is -0.0517. The number of rotatable bonds is 62. The molecule has 0 aromatic carbocycles. The smallest absolute Gasteiger partial charge is 0.305 e. The van der Waals surface area contributed by atoms with Crippen molar-refractivity contribution in [3.8, 4) is 0 Å². The fourth-order valence-electron chi connectivity index (χ4n) is 10.4. The summed E-state index contributed by atoms with van der Waals surface area (Å²) in [7, 11) is 0. The standard InChI is InChI=1S/C67H129NO5/c1-3-5-7-9-11-13-15-16-34-38-41-45-49-53-57-61-67(72)73-62-58-54-50-46-42-39-36-33-31-29-27-25-23-21-19-17-18-20-22-24-26-28-30-32-35-37-40-44-48-52-56-60-66(71)68-64(63-69)65(70)59-55-51-47-43-14-12-10-8-6-4-2/h16,34,55,59,64-65,69-70H,3-15,17-33,35-54,56-58,60-63H2,1-2H3,(H,68,71)/b34-16-,59-55+. The third-order valence-corrected chi connectivity index (χ3v) is 15.5. The lowest BCUT2D eigenvalue weighted by molar-refractivity contribution is -0.143. The summed E-state index contributed by atoms with van der Waals surface area (Å²) in [6.45, 7) is 4.90. The molecule has 2 atom stereocenters. The van der Waals surface area contributed by atoms with Crippen LogP contribution < -0.4 is 5.32 Å². The number of hydrogen-bond donors (Lipinski definition) is 3. The van der Waals surface area contributed by atoms with E-state index in [1.54, 1.807) is 6.08 Å². The molecule has 0 bridgehead atoms. The van der Waals surface area contributed by atoms with Gasteiger partial charge in [-0.15, -0.1) is 0 Å². The Hall–Kier alpha value is -1.66. The molecule has 6 heteroatoms. The Morgan fingerprint density at radius 2 is 0.644 bits per heavy atom. The lowest BCUT2D eigenvalue weighted by atomic mass is 10.0. The molecule has 0 aliphatic rings. The highest BCUT2D eigenvalue weighted by molar-refractivity contribution is 5.76. The third kappa shape index (κ3) is 59.4. The van der Waals surface area contributed by atoms with Crippen molar-refractivity contribution in [3.63, 3.8) is 0 Å². The van der Waals surface area contributed by atoms with Crippen molar-refractivity contribution in [2.75, 3.05) is 13.2 Å². The predicted molar refractivity (Wildman–Crippen MR) is 320 cm³/mol. The summed E-state index contributed by atoms with van der Waals surface area (Å²) in [4.78, 5) is 24.5. The van der Waals surface area contributed by atoms with Crippen LogP contribution in [-0.4, -0.2) is 47.4 Å². The van der Waals surface area contributed by atoms with Crippen LogP contribution in [0.2, 0.25) is 0 Å². The second-order valence-electron chi connectivity index (χ2n) is 22.8. The van der Waals surface area contributed by atoms with Crippen molar-refractivity contribution < 1.29 is 24.5 Å². The van der Waals surface area contributed by atoms with E-state index in [1.165, 1.54) is 295 Å². The van der Waals surface area contributed by atoms with Crippen LogP contribution in [0.4, 0.5) is 0 Å². The number of nitrogens with one attached hydrogen (secondary N) is 1. The average Bonchev–Trinajstić information content (AvgIpc) is 3.39. The maximum absolute atomic E-state index is 12.4. The Bertz CT molecular complexity index is 1140. The first-order valence-electron chi connectivity index (χ1n) is 33.1. The lowest BCUT2D eigenvalue weighted by Gasteiger charge is -2.20. The van der Waals surface area contributed by atoms with Gasteiger partial charge < -0.3 is 20.3 Å². The molecule has 0 saturated carbocycles. The minimum absolute atomic E-state index is 0.0127. The Morgan fingerprint density at radius 3 is 0.973 bits per heavy atom. The molecule has 73 heavy (non-hydrogen) atoms. The van der Waals surface area contributed by atoms with Crippen LogP contribution in [0.25, 0.3) is 0 Å². The van der Waals surface area contributed by atoms with Gasteiger partial charge >= 0.3 is 5.97 Å². The average molecular weight is 1030 g/mol. The highest BCUT2D eigenvalue weighted by Gasteiger charge is 2.18. The number of amides is 1. The summed E-state index contributed by atoms with van der Waals surface area (Å²) >= 11 is 0. The number of ether oxygens (including phenoxy) is 1. The summed E-state index contributed by atoms with van der Waals surface area (Å²) < 4.78 is 5.49. The highest BCUT2D eigenvalue weighted by atomic mass is 16.5. The van der Waals surface area contributed by atoms with E-state index < -0.39 is 12.1 Å². The first-order valence-corrected chi connectivity index (χ1v) is 33.1. The molecule has 0 aromatic rings. The normalized spacial score (nSPS) is 12.7. The first-order chi connectivity index (χ1) is 36.0. The van der Waals surface area contributed by atoms with Crippen molar-refractivity contribution >= 4 is 11.9 Å². The van der Waals surface area contributed by atoms with Gasteiger partial charge in [0.2, 0.25) is 5.91 Å². The summed E-state index contributed by atoms with van der Waals surface area (Å²) in [6.07, 6.45) is 78.3. The van der Waals surface area contributed by atoms with Crippen LogP contribution in [0.5, 0.6) is 0 Å². The molecule has 2 unspecified atom stereocenters. The van der Waals surface area contributed by atoms with Gasteiger partial charge in [-0.2, -0.15) is 0 Å². The van der Waals surface area contributed by atoms with Crippen molar-refractivity contribution in [1.82, 2.24) is 5.32 Å². The molecule has 0 rings (SSSR count). The van der Waals surface area contributed by atoms with Crippen LogP contribution in [0.1, 0.15) is 367 Å². The zero-order valence-electron chi connectivity index (χ0n) is 49.4. The van der Waals surface area contributed by atoms with E-state index in [1.807, 2.05) is 6.08 Å². The zero-order chi connectivity index (χ0) is 52.9. The van der Waals surface area contributed by atoms with Gasteiger partial charge in [-0.05, 0) is 57.8 Å². The van der Waals surface area contributed by atoms with E-state index in [0.29, 0.717) is 19.4 Å². The molecule has 0 aliphatic carbocycles. The van der Waals surface area contributed by atoms with Gasteiger partial charge in [0, 0.05) is 12.8 Å². The highest BCUT2D eigenvalue weighted by Crippen LogP contribution is 2.18. The molecule has 432 valence electrons. The summed E-state index contributed by atoms with van der Waals surface area (Å²) in [5, 5.41) is 23.0. The number of aliphatic hydroxyl groups is 2. The van der Waals surface area contributed by atoms with E-state index in [2.05, 4.69) is 31.3 Å². The zero-order valence-corrected chi connectivity index (χ0v) is 49.4. The molecule has 0 radical (unpaired) electrons. The van der Waals surface area contributed by atoms with Crippen LogP contribution in [0.15, 0.2) is 24.3 Å². The van der Waals surface area contributed by atoms with Crippen molar-refractivity contribution in [2.45, 2.75) is 379 Å². The third-order valence-electron chi connectivity index (χ3n) is 15.5. The fraction of sp³-hybridized carbons (Fsp3) is 0.910. The van der Waals surface area contributed by atoms with Gasteiger partial charge in [-0.25, -0.2) is 0 Å². The fourth-order valence-corrected chi connectivity index (χ4v) is 10.4. The minimum atomic E-state index is -0.839. The molecular formula is C67H129NO5. The molecule has 1 amide bonds. The molecule has 0 fully saturated rings. The second-order valence-corrected chi connectivity index (χ2v) is 22.8. The van der Waals surface area contributed by atoms with E-state index in [4.69, 9.17) is 4.74 Å². The molecular weight excluding hydrogens is 899 g/mol. The van der Waals surface area contributed by atoms with E-state index in [9.17, 15) is 19.8 Å². The molecule has 0 heterocycles. The van der Waals surface area contributed by atoms with Gasteiger partial charge in [0.15, 0.2) is 0 Å². The number of esters is 1. The van der Waals surface area contributed by atoms with Gasteiger partial charge in [-0.3, -0.25) is 9.59 Å². The monoisotopic (exact) mass is 1030 g/mol. The van der Waals surface area contributed by atoms with Crippen LogP contribution in [-0.2, 0) is 14.3 Å². The van der Waals surface area contributed by atoms with Crippen molar-refractivity contribution in [2.24, 2.45) is 0 Å². The van der Waals surface area contributed by atoms with Gasteiger partial charge in [-0.1, -0.05) is 321 Å². The molecule has 0 saturated heterocycles. The number of hydrogen-bond acceptors (Lipinski definition) is 5. The minimum Gasteiger partial charge on any atom is -0.466 e. The van der Waals surface area contributed by atoms with Crippen LogP contribution in [0, 0.1) is 0 Å². The Labute approximate surface area is 456 Å². The van der Waals surface area contributed by atoms with E-state index >= 15 is 0 Å². The summed E-state index contributed by atoms with van der Waals surface area (Å²) in [5.41, 5.74) is 0. The number of carbonyl (C=O) groups is 2. The maximum atomic E-state index is 12.4. The van der Waals surface area contributed by atoms with Gasteiger partial charge in [0.05, 0.1) is 25.4 Å². The van der Waals surface area contributed by atoms with Crippen molar-refractivity contribution in [1.29, 1.82) is 0 Å². The largest absolute Gasteiger partial charge is 0.466 e. The molecule has 6 nitrogen and oxygen atoms in total. The second kappa shape index (κ2) is 62.9.